The monoisotopic (exact) mass is 207 g/mol. The molecule has 0 amide bonds. The summed E-state index contributed by atoms with van der Waals surface area (Å²) in [6.07, 6.45) is 2.18. The summed E-state index contributed by atoms with van der Waals surface area (Å²) in [5, 5.41) is 3.38. The normalized spacial score (nSPS) is 18.6. The lowest BCUT2D eigenvalue weighted by Gasteiger charge is -2.28. The predicted octanol–water partition coefficient (Wildman–Crippen LogP) is 1.47. The number of rotatable bonds is 3. The van der Waals surface area contributed by atoms with Crippen LogP contribution in [0.25, 0.3) is 0 Å². The third-order valence-corrected chi connectivity index (χ3v) is 3.02. The lowest BCUT2D eigenvalue weighted by molar-refractivity contribution is 0.227. The summed E-state index contributed by atoms with van der Waals surface area (Å²) in [5.74, 6) is 0. The van der Waals surface area contributed by atoms with Gasteiger partial charge in [0.05, 0.1) is 0 Å². The second kappa shape index (κ2) is 4.81. The van der Waals surface area contributed by atoms with Crippen LogP contribution in [0, 0.1) is 0 Å². The van der Waals surface area contributed by atoms with Crippen molar-refractivity contribution in [3.8, 4) is 0 Å². The van der Waals surface area contributed by atoms with Gasteiger partial charge in [-0.05, 0) is 26.0 Å². The van der Waals surface area contributed by atoms with Gasteiger partial charge in [-0.2, -0.15) is 0 Å². The SMILES string of the molecule is CC(C)n1cccc1CN1CCNCC1. The first-order chi connectivity index (χ1) is 7.27. The fraction of sp³-hybridized carbons (Fsp3) is 0.667. The average Bonchev–Trinajstić information content (AvgIpc) is 2.67. The molecule has 0 aliphatic carbocycles. The molecule has 1 aliphatic heterocycles. The lowest BCUT2D eigenvalue weighted by atomic mass is 10.3. The Morgan fingerprint density at radius 3 is 2.73 bits per heavy atom. The molecule has 0 spiro atoms. The molecule has 3 nitrogen and oxygen atoms in total. The number of hydrogen-bond acceptors (Lipinski definition) is 2. The van der Waals surface area contributed by atoms with E-state index in [4.69, 9.17) is 0 Å². The fourth-order valence-electron chi connectivity index (χ4n) is 2.17. The topological polar surface area (TPSA) is 20.2 Å². The summed E-state index contributed by atoms with van der Waals surface area (Å²) in [4.78, 5) is 2.52. The van der Waals surface area contributed by atoms with Gasteiger partial charge in [0.25, 0.3) is 0 Å². The summed E-state index contributed by atoms with van der Waals surface area (Å²) in [6.45, 7) is 10.2. The molecule has 3 heteroatoms. The fourth-order valence-corrected chi connectivity index (χ4v) is 2.17. The molecule has 1 aliphatic rings. The Hall–Kier alpha value is -0.800. The van der Waals surface area contributed by atoms with E-state index in [1.165, 1.54) is 18.8 Å². The van der Waals surface area contributed by atoms with Crippen molar-refractivity contribution >= 4 is 0 Å². The smallest absolute Gasteiger partial charge is 0.0388 e. The molecule has 2 rings (SSSR count). The van der Waals surface area contributed by atoms with Crippen LogP contribution in [-0.2, 0) is 6.54 Å². The van der Waals surface area contributed by atoms with E-state index in [-0.39, 0.29) is 0 Å². The van der Waals surface area contributed by atoms with Crippen LogP contribution in [-0.4, -0.2) is 35.6 Å². The molecule has 1 saturated heterocycles. The molecule has 1 aromatic rings. The molecule has 0 saturated carbocycles. The summed E-state index contributed by atoms with van der Waals surface area (Å²) in [7, 11) is 0. The Morgan fingerprint density at radius 1 is 1.33 bits per heavy atom. The first-order valence-corrected chi connectivity index (χ1v) is 5.86. The van der Waals surface area contributed by atoms with Crippen LogP contribution < -0.4 is 5.32 Å². The maximum atomic E-state index is 3.38. The minimum Gasteiger partial charge on any atom is -0.348 e. The van der Waals surface area contributed by atoms with Gasteiger partial charge in [-0.15, -0.1) is 0 Å². The van der Waals surface area contributed by atoms with E-state index in [9.17, 15) is 0 Å². The predicted molar refractivity (Wildman–Crippen MR) is 63.0 cm³/mol. The van der Waals surface area contributed by atoms with Gasteiger partial charge in [-0.25, -0.2) is 0 Å². The third kappa shape index (κ3) is 2.61. The maximum absolute atomic E-state index is 3.38. The van der Waals surface area contributed by atoms with Crippen LogP contribution in [0.15, 0.2) is 18.3 Å². The minimum atomic E-state index is 0.568. The molecular formula is C12H21N3. The third-order valence-electron chi connectivity index (χ3n) is 3.02. The highest BCUT2D eigenvalue weighted by molar-refractivity contribution is 5.08. The summed E-state index contributed by atoms with van der Waals surface area (Å²) in [5.41, 5.74) is 1.44. The molecule has 0 bridgehead atoms. The number of hydrogen-bond donors (Lipinski definition) is 1. The highest BCUT2D eigenvalue weighted by Crippen LogP contribution is 2.13. The highest BCUT2D eigenvalue weighted by Gasteiger charge is 2.12. The Bertz CT molecular complexity index is 298. The van der Waals surface area contributed by atoms with Crippen LogP contribution >= 0.6 is 0 Å². The summed E-state index contributed by atoms with van der Waals surface area (Å²) < 4.78 is 2.36. The van der Waals surface area contributed by atoms with Crippen LogP contribution in [0.2, 0.25) is 0 Å². The van der Waals surface area contributed by atoms with E-state index < -0.39 is 0 Å². The van der Waals surface area contributed by atoms with Crippen molar-refractivity contribution in [1.82, 2.24) is 14.8 Å². The number of aromatic nitrogens is 1. The van der Waals surface area contributed by atoms with Crippen molar-refractivity contribution in [2.24, 2.45) is 0 Å². The molecule has 0 atom stereocenters. The molecule has 1 N–H and O–H groups in total. The first-order valence-electron chi connectivity index (χ1n) is 5.86. The quantitative estimate of drug-likeness (QED) is 0.810. The van der Waals surface area contributed by atoms with Crippen molar-refractivity contribution in [2.75, 3.05) is 26.2 Å². The molecule has 0 aromatic carbocycles. The van der Waals surface area contributed by atoms with Crippen molar-refractivity contribution in [2.45, 2.75) is 26.4 Å². The largest absolute Gasteiger partial charge is 0.348 e. The van der Waals surface area contributed by atoms with Crippen LogP contribution in [0.3, 0.4) is 0 Å². The second-order valence-corrected chi connectivity index (χ2v) is 4.53. The van der Waals surface area contributed by atoms with Gasteiger partial charge < -0.3 is 9.88 Å². The van der Waals surface area contributed by atoms with Crippen LogP contribution in [0.4, 0.5) is 0 Å². The average molecular weight is 207 g/mol. The molecule has 2 heterocycles. The van der Waals surface area contributed by atoms with Crippen LogP contribution in [0.1, 0.15) is 25.6 Å². The van der Waals surface area contributed by atoms with Gasteiger partial charge in [0.1, 0.15) is 0 Å². The Balaban J connectivity index is 1.99. The van der Waals surface area contributed by atoms with E-state index in [0.717, 1.165) is 19.6 Å². The molecule has 1 fully saturated rings. The zero-order valence-corrected chi connectivity index (χ0v) is 9.74. The van der Waals surface area contributed by atoms with Gasteiger partial charge >= 0.3 is 0 Å². The number of nitrogens with zero attached hydrogens (tertiary/aromatic N) is 2. The van der Waals surface area contributed by atoms with Gasteiger partial charge in [-0.3, -0.25) is 4.90 Å². The lowest BCUT2D eigenvalue weighted by Crippen LogP contribution is -2.43. The van der Waals surface area contributed by atoms with Crippen LogP contribution in [0.5, 0.6) is 0 Å². The molecule has 84 valence electrons. The Kier molecular flexibility index (Phi) is 3.44. The minimum absolute atomic E-state index is 0.568. The molecule has 0 radical (unpaired) electrons. The van der Waals surface area contributed by atoms with Gasteiger partial charge in [-0.1, -0.05) is 0 Å². The molecule has 0 unspecified atom stereocenters. The van der Waals surface area contributed by atoms with E-state index >= 15 is 0 Å². The van der Waals surface area contributed by atoms with E-state index in [1.54, 1.807) is 0 Å². The standard InChI is InChI=1S/C12H21N3/c1-11(2)15-7-3-4-12(15)10-14-8-5-13-6-9-14/h3-4,7,11,13H,5-6,8-10H2,1-2H3. The summed E-state index contributed by atoms with van der Waals surface area (Å²) in [6, 6.07) is 4.96. The van der Waals surface area contributed by atoms with Crippen molar-refractivity contribution in [3.63, 3.8) is 0 Å². The molecular weight excluding hydrogens is 186 g/mol. The summed E-state index contributed by atoms with van der Waals surface area (Å²) >= 11 is 0. The Labute approximate surface area is 92.1 Å². The van der Waals surface area contributed by atoms with Crippen molar-refractivity contribution in [1.29, 1.82) is 0 Å². The van der Waals surface area contributed by atoms with Gasteiger partial charge in [0.2, 0.25) is 0 Å². The highest BCUT2D eigenvalue weighted by atomic mass is 15.2. The first kappa shape index (κ1) is 10.7. The van der Waals surface area contributed by atoms with Gasteiger partial charge in [0, 0.05) is 50.7 Å². The van der Waals surface area contributed by atoms with E-state index in [2.05, 4.69) is 47.0 Å². The number of nitrogens with one attached hydrogen (secondary N) is 1. The van der Waals surface area contributed by atoms with Gasteiger partial charge in [0.15, 0.2) is 0 Å². The van der Waals surface area contributed by atoms with E-state index in [1.807, 2.05) is 0 Å². The van der Waals surface area contributed by atoms with Crippen molar-refractivity contribution in [3.05, 3.63) is 24.0 Å². The zero-order chi connectivity index (χ0) is 10.7. The van der Waals surface area contributed by atoms with Crippen molar-refractivity contribution < 1.29 is 0 Å². The van der Waals surface area contributed by atoms with E-state index in [0.29, 0.717) is 6.04 Å². The second-order valence-electron chi connectivity index (χ2n) is 4.53. The number of piperazine rings is 1. The zero-order valence-electron chi connectivity index (χ0n) is 9.74. The maximum Gasteiger partial charge on any atom is 0.0388 e. The Morgan fingerprint density at radius 2 is 2.07 bits per heavy atom. The molecule has 15 heavy (non-hydrogen) atoms. The molecule has 1 aromatic heterocycles.